The van der Waals surface area contributed by atoms with Gasteiger partial charge in [-0.15, -0.1) is 11.8 Å². The molecule has 0 aliphatic heterocycles. The van der Waals surface area contributed by atoms with E-state index in [1.54, 1.807) is 11.8 Å². The lowest BCUT2D eigenvalue weighted by Gasteiger charge is -2.19. The second-order valence-corrected chi connectivity index (χ2v) is 9.18. The summed E-state index contributed by atoms with van der Waals surface area (Å²) in [5.41, 5.74) is 2.51. The normalized spacial score (nSPS) is 11.5. The van der Waals surface area contributed by atoms with E-state index < -0.39 is 0 Å². The fourth-order valence-electron chi connectivity index (χ4n) is 2.50. The summed E-state index contributed by atoms with van der Waals surface area (Å²) >= 11 is 1.56. The summed E-state index contributed by atoms with van der Waals surface area (Å²) in [5.74, 6) is 1.31. The van der Waals surface area contributed by atoms with Crippen LogP contribution in [0.15, 0.2) is 53.4 Å². The van der Waals surface area contributed by atoms with Gasteiger partial charge >= 0.3 is 0 Å². The summed E-state index contributed by atoms with van der Waals surface area (Å²) < 4.78 is 5.68. The van der Waals surface area contributed by atoms with Gasteiger partial charge in [0, 0.05) is 18.0 Å². The predicted octanol–water partition coefficient (Wildman–Crippen LogP) is 4.33. The van der Waals surface area contributed by atoms with E-state index in [1.165, 1.54) is 5.56 Å². The van der Waals surface area contributed by atoms with Gasteiger partial charge in [-0.05, 0) is 54.9 Å². The average Bonchev–Trinajstić information content (AvgIpc) is 2.65. The molecule has 5 heteroatoms. The highest BCUT2D eigenvalue weighted by atomic mass is 32.2. The van der Waals surface area contributed by atoms with Crippen LogP contribution in [-0.4, -0.2) is 43.8 Å². The fraction of sp³-hybridized carbons (Fsp3) is 0.435. The number of thioether (sulfide) groups is 1. The zero-order chi connectivity index (χ0) is 20.6. The van der Waals surface area contributed by atoms with Gasteiger partial charge in [0.1, 0.15) is 12.4 Å². The van der Waals surface area contributed by atoms with Crippen LogP contribution in [0.3, 0.4) is 0 Å². The molecule has 1 N–H and O–H groups in total. The van der Waals surface area contributed by atoms with Crippen molar-refractivity contribution in [3.8, 4) is 5.75 Å². The Morgan fingerprint density at radius 1 is 1.04 bits per heavy atom. The molecule has 0 radical (unpaired) electrons. The van der Waals surface area contributed by atoms with Crippen molar-refractivity contribution >= 4 is 17.7 Å². The molecule has 0 atom stereocenters. The van der Waals surface area contributed by atoms with Crippen molar-refractivity contribution in [3.63, 3.8) is 0 Å². The third-order valence-electron chi connectivity index (χ3n) is 4.31. The summed E-state index contributed by atoms with van der Waals surface area (Å²) in [4.78, 5) is 15.3. The highest BCUT2D eigenvalue weighted by Crippen LogP contribution is 2.25. The topological polar surface area (TPSA) is 41.6 Å². The molecule has 0 spiro atoms. The Balaban J connectivity index is 1.72. The third kappa shape index (κ3) is 7.95. The predicted molar refractivity (Wildman–Crippen MR) is 118 cm³/mol. The summed E-state index contributed by atoms with van der Waals surface area (Å²) in [7, 11) is 4.04. The first kappa shape index (κ1) is 22.3. The highest BCUT2D eigenvalue weighted by Gasteiger charge is 2.13. The van der Waals surface area contributed by atoms with Crippen molar-refractivity contribution in [1.29, 1.82) is 0 Å². The smallest absolute Gasteiger partial charge is 0.230 e. The number of carbonyl (C=O) groups is 1. The van der Waals surface area contributed by atoms with Gasteiger partial charge in [-0.25, -0.2) is 0 Å². The molecule has 0 fully saturated rings. The van der Waals surface area contributed by atoms with Crippen LogP contribution in [-0.2, 0) is 16.8 Å². The average molecular weight is 401 g/mol. The van der Waals surface area contributed by atoms with E-state index in [9.17, 15) is 4.79 Å². The van der Waals surface area contributed by atoms with Crippen molar-refractivity contribution in [2.75, 3.05) is 33.0 Å². The van der Waals surface area contributed by atoms with Gasteiger partial charge in [-0.2, -0.15) is 0 Å². The van der Waals surface area contributed by atoms with Crippen LogP contribution >= 0.6 is 11.8 Å². The quantitative estimate of drug-likeness (QED) is 0.636. The number of hydrogen-bond donors (Lipinski definition) is 1. The Labute approximate surface area is 173 Å². The number of rotatable bonds is 9. The Morgan fingerprint density at radius 3 is 2.25 bits per heavy atom. The number of hydrogen-bond acceptors (Lipinski definition) is 4. The highest BCUT2D eigenvalue weighted by molar-refractivity contribution is 8.00. The lowest BCUT2D eigenvalue weighted by Crippen LogP contribution is -2.24. The molecule has 0 aliphatic rings. The Morgan fingerprint density at radius 2 is 1.68 bits per heavy atom. The van der Waals surface area contributed by atoms with Crippen molar-refractivity contribution in [2.45, 2.75) is 37.6 Å². The molecule has 0 unspecified atom stereocenters. The molecule has 1 amide bonds. The van der Waals surface area contributed by atoms with E-state index in [4.69, 9.17) is 4.74 Å². The van der Waals surface area contributed by atoms with Gasteiger partial charge in [-0.3, -0.25) is 4.79 Å². The van der Waals surface area contributed by atoms with E-state index in [0.717, 1.165) is 22.8 Å². The van der Waals surface area contributed by atoms with Crippen LogP contribution in [0.1, 0.15) is 31.9 Å². The van der Waals surface area contributed by atoms with Crippen LogP contribution in [0.25, 0.3) is 0 Å². The number of nitrogens with one attached hydrogen (secondary N) is 1. The summed E-state index contributed by atoms with van der Waals surface area (Å²) in [6, 6.07) is 16.3. The Bertz CT molecular complexity index is 735. The first-order valence-corrected chi connectivity index (χ1v) is 10.6. The second-order valence-electron chi connectivity index (χ2n) is 8.14. The molecule has 2 rings (SSSR count). The van der Waals surface area contributed by atoms with Gasteiger partial charge < -0.3 is 15.0 Å². The number of nitrogens with zero attached hydrogens (tertiary/aromatic N) is 1. The van der Waals surface area contributed by atoms with Crippen LogP contribution < -0.4 is 10.1 Å². The fourth-order valence-corrected chi connectivity index (χ4v) is 3.23. The minimum Gasteiger partial charge on any atom is -0.492 e. The molecule has 0 bridgehead atoms. The maximum Gasteiger partial charge on any atom is 0.230 e. The van der Waals surface area contributed by atoms with Gasteiger partial charge in [0.05, 0.1) is 5.75 Å². The lowest BCUT2D eigenvalue weighted by atomic mass is 9.87. The molecule has 152 valence electrons. The van der Waals surface area contributed by atoms with Gasteiger partial charge in [0.15, 0.2) is 0 Å². The molecule has 0 aromatic heterocycles. The molecule has 0 heterocycles. The number of amides is 1. The summed E-state index contributed by atoms with van der Waals surface area (Å²) in [5, 5.41) is 2.98. The number of likely N-dealkylation sites (N-methyl/N-ethyl adjacent to an activating group) is 1. The summed E-state index contributed by atoms with van der Waals surface area (Å²) in [6.07, 6.45) is 0. The Kier molecular flexibility index (Phi) is 8.39. The molecule has 4 nitrogen and oxygen atoms in total. The number of carbonyl (C=O) groups excluding carboxylic acids is 1. The largest absolute Gasteiger partial charge is 0.492 e. The molecular weight excluding hydrogens is 368 g/mol. The van der Waals surface area contributed by atoms with Crippen molar-refractivity contribution in [3.05, 3.63) is 59.7 Å². The molecule has 0 saturated carbocycles. The van der Waals surface area contributed by atoms with Crippen molar-refractivity contribution < 1.29 is 9.53 Å². The lowest BCUT2D eigenvalue weighted by molar-refractivity contribution is -0.118. The monoisotopic (exact) mass is 400 g/mol. The standard InChI is InChI=1S/C23H32N2O2S/c1-23(2,3)19-8-12-21(13-9-19)28-17-22(26)24-16-18-6-10-20(11-7-18)27-15-14-25(4)5/h6-13H,14-17H2,1-5H3,(H,24,26). The minimum atomic E-state index is 0.0382. The van der Waals surface area contributed by atoms with E-state index in [2.05, 4.69) is 55.3 Å². The summed E-state index contributed by atoms with van der Waals surface area (Å²) in [6.45, 7) is 8.67. The maximum atomic E-state index is 12.1. The zero-order valence-corrected chi connectivity index (χ0v) is 18.4. The molecule has 0 aliphatic carbocycles. The second kappa shape index (κ2) is 10.5. The van der Waals surface area contributed by atoms with E-state index in [-0.39, 0.29) is 11.3 Å². The third-order valence-corrected chi connectivity index (χ3v) is 5.32. The minimum absolute atomic E-state index is 0.0382. The number of benzene rings is 2. The molecule has 2 aromatic carbocycles. The van der Waals surface area contributed by atoms with Crippen molar-refractivity contribution in [2.24, 2.45) is 0 Å². The molecule has 0 saturated heterocycles. The first-order chi connectivity index (χ1) is 13.2. The van der Waals surface area contributed by atoms with Gasteiger partial charge in [-0.1, -0.05) is 45.0 Å². The van der Waals surface area contributed by atoms with E-state index in [0.29, 0.717) is 18.9 Å². The number of ether oxygens (including phenoxy) is 1. The van der Waals surface area contributed by atoms with Crippen LogP contribution in [0.2, 0.25) is 0 Å². The molecule has 28 heavy (non-hydrogen) atoms. The van der Waals surface area contributed by atoms with Crippen LogP contribution in [0.5, 0.6) is 5.75 Å². The van der Waals surface area contributed by atoms with Crippen molar-refractivity contribution in [1.82, 2.24) is 10.2 Å². The molecular formula is C23H32N2O2S. The molecule has 2 aromatic rings. The maximum absolute atomic E-state index is 12.1. The Hall–Kier alpha value is -1.98. The van der Waals surface area contributed by atoms with E-state index >= 15 is 0 Å². The van der Waals surface area contributed by atoms with Crippen LogP contribution in [0, 0.1) is 0 Å². The zero-order valence-electron chi connectivity index (χ0n) is 17.6. The van der Waals surface area contributed by atoms with E-state index in [1.807, 2.05) is 38.4 Å². The SMILES string of the molecule is CN(C)CCOc1ccc(CNC(=O)CSc2ccc(C(C)(C)C)cc2)cc1. The van der Waals surface area contributed by atoms with Crippen LogP contribution in [0.4, 0.5) is 0 Å². The first-order valence-electron chi connectivity index (χ1n) is 9.60. The van der Waals surface area contributed by atoms with Gasteiger partial charge in [0.25, 0.3) is 0 Å². The van der Waals surface area contributed by atoms with Gasteiger partial charge in [0.2, 0.25) is 5.91 Å².